The molecule has 0 spiro atoms. The van der Waals surface area contributed by atoms with Crippen LogP contribution in [0.3, 0.4) is 0 Å². The van der Waals surface area contributed by atoms with E-state index < -0.39 is 29.4 Å². The zero-order valence-electron chi connectivity index (χ0n) is 9.38. The van der Waals surface area contributed by atoms with E-state index in [9.17, 15) is 14.7 Å². The quantitative estimate of drug-likeness (QED) is 0.602. The van der Waals surface area contributed by atoms with Crippen LogP contribution in [0.2, 0.25) is 0 Å². The molecule has 2 unspecified atom stereocenters. The van der Waals surface area contributed by atoms with Crippen molar-refractivity contribution in [2.24, 2.45) is 11.8 Å². The van der Waals surface area contributed by atoms with Crippen molar-refractivity contribution in [2.45, 2.75) is 18.4 Å². The van der Waals surface area contributed by atoms with Gasteiger partial charge in [0, 0.05) is 6.54 Å². The fourth-order valence-corrected chi connectivity index (χ4v) is 2.42. The van der Waals surface area contributed by atoms with E-state index in [0.717, 1.165) is 0 Å². The first kappa shape index (κ1) is 12.9. The average Bonchev–Trinajstić information content (AvgIpc) is 2.41. The van der Waals surface area contributed by atoms with Crippen LogP contribution < -0.4 is 0 Å². The highest BCUT2D eigenvalue weighted by Gasteiger charge is 2.50. The van der Waals surface area contributed by atoms with E-state index in [1.165, 1.54) is 0 Å². The Morgan fingerprint density at radius 1 is 1.19 bits per heavy atom. The van der Waals surface area contributed by atoms with Gasteiger partial charge in [0.2, 0.25) is 0 Å². The Balaban J connectivity index is 2.83. The summed E-state index contributed by atoms with van der Waals surface area (Å²) in [6.07, 6.45) is -0.00500. The second-order valence-electron chi connectivity index (χ2n) is 4.76. The number of rotatable bonds is 4. The molecule has 0 aromatic rings. The first-order chi connectivity index (χ1) is 7.25. The molecule has 1 aliphatic carbocycles. The van der Waals surface area contributed by atoms with Crippen LogP contribution in [-0.4, -0.2) is 58.4 Å². The Bertz CT molecular complexity index is 280. The number of carbonyl (C=O) groups is 2. The average molecular weight is 231 g/mol. The topological polar surface area (TPSA) is 98.1 Å². The van der Waals surface area contributed by atoms with Gasteiger partial charge < -0.3 is 20.2 Å². The number of aliphatic hydroxyl groups is 1. The molecule has 0 aliphatic heterocycles. The lowest BCUT2D eigenvalue weighted by Crippen LogP contribution is -2.38. The number of carboxylic acid groups (broad SMARTS) is 2. The van der Waals surface area contributed by atoms with E-state index in [1.54, 1.807) is 19.0 Å². The summed E-state index contributed by atoms with van der Waals surface area (Å²) >= 11 is 0. The van der Waals surface area contributed by atoms with Crippen LogP contribution >= 0.6 is 0 Å². The standard InChI is InChI=1S/C10H17NO5/c1-11(2)5-10(16)3-6(8(12)13)7(4-10)9(14)15/h6-7,16H,3-5H2,1-2H3,(H,12,13)(H,14,15). The molecule has 1 aliphatic rings. The van der Waals surface area contributed by atoms with Crippen LogP contribution in [0.5, 0.6) is 0 Å². The molecule has 1 rings (SSSR count). The van der Waals surface area contributed by atoms with Crippen LogP contribution in [0.1, 0.15) is 12.8 Å². The van der Waals surface area contributed by atoms with Gasteiger partial charge in [-0.2, -0.15) is 0 Å². The number of aliphatic carboxylic acids is 2. The van der Waals surface area contributed by atoms with Crippen LogP contribution in [0.15, 0.2) is 0 Å². The third kappa shape index (κ3) is 2.70. The predicted octanol–water partition coefficient (Wildman–Crippen LogP) is -0.526. The van der Waals surface area contributed by atoms with Gasteiger partial charge in [0.1, 0.15) is 0 Å². The molecule has 1 fully saturated rings. The Morgan fingerprint density at radius 3 is 1.81 bits per heavy atom. The molecule has 6 heteroatoms. The minimum Gasteiger partial charge on any atom is -0.481 e. The lowest BCUT2D eigenvalue weighted by molar-refractivity contribution is -0.152. The van der Waals surface area contributed by atoms with Gasteiger partial charge in [-0.15, -0.1) is 0 Å². The number of hydrogen-bond acceptors (Lipinski definition) is 4. The summed E-state index contributed by atoms with van der Waals surface area (Å²) in [6, 6.07) is 0. The highest BCUT2D eigenvalue weighted by atomic mass is 16.4. The molecule has 0 aromatic heterocycles. The van der Waals surface area contributed by atoms with Crippen LogP contribution in [0, 0.1) is 11.8 Å². The molecule has 0 amide bonds. The lowest BCUT2D eigenvalue weighted by Gasteiger charge is -2.26. The normalized spacial score (nSPS) is 34.2. The summed E-state index contributed by atoms with van der Waals surface area (Å²) in [4.78, 5) is 23.5. The minimum absolute atomic E-state index is 0.00250. The molecule has 0 aromatic carbocycles. The maximum Gasteiger partial charge on any atom is 0.307 e. The van der Waals surface area contributed by atoms with E-state index in [1.807, 2.05) is 0 Å². The van der Waals surface area contributed by atoms with E-state index in [2.05, 4.69) is 0 Å². The van der Waals surface area contributed by atoms with Gasteiger partial charge in [-0.25, -0.2) is 0 Å². The summed E-state index contributed by atoms with van der Waals surface area (Å²) in [7, 11) is 3.50. The molecule has 16 heavy (non-hydrogen) atoms. The zero-order chi connectivity index (χ0) is 12.5. The molecular formula is C10H17NO5. The fourth-order valence-electron chi connectivity index (χ4n) is 2.42. The first-order valence-electron chi connectivity index (χ1n) is 5.08. The number of carboxylic acids is 2. The van der Waals surface area contributed by atoms with Crippen molar-refractivity contribution in [3.05, 3.63) is 0 Å². The Hall–Kier alpha value is -1.14. The van der Waals surface area contributed by atoms with Gasteiger partial charge in [-0.3, -0.25) is 9.59 Å². The minimum atomic E-state index is -1.21. The van der Waals surface area contributed by atoms with Crippen molar-refractivity contribution >= 4 is 11.9 Å². The van der Waals surface area contributed by atoms with E-state index >= 15 is 0 Å². The molecule has 1 saturated carbocycles. The Kier molecular flexibility index (Phi) is 3.54. The van der Waals surface area contributed by atoms with E-state index in [4.69, 9.17) is 10.2 Å². The summed E-state index contributed by atoms with van der Waals surface area (Å²) in [5.41, 5.74) is -1.21. The third-order valence-corrected chi connectivity index (χ3v) is 2.93. The first-order valence-corrected chi connectivity index (χ1v) is 5.08. The fraction of sp³-hybridized carbons (Fsp3) is 0.800. The Morgan fingerprint density at radius 2 is 1.56 bits per heavy atom. The van der Waals surface area contributed by atoms with Crippen molar-refractivity contribution in [3.8, 4) is 0 Å². The number of nitrogens with zero attached hydrogens (tertiary/aromatic N) is 1. The number of hydrogen-bond donors (Lipinski definition) is 3. The van der Waals surface area contributed by atoms with Crippen LogP contribution in [0.4, 0.5) is 0 Å². The van der Waals surface area contributed by atoms with Gasteiger partial charge in [-0.1, -0.05) is 0 Å². The molecule has 0 saturated heterocycles. The summed E-state index contributed by atoms with van der Waals surface area (Å²) < 4.78 is 0. The van der Waals surface area contributed by atoms with Crippen molar-refractivity contribution < 1.29 is 24.9 Å². The van der Waals surface area contributed by atoms with Crippen molar-refractivity contribution in [1.82, 2.24) is 4.90 Å². The van der Waals surface area contributed by atoms with E-state index in [0.29, 0.717) is 0 Å². The SMILES string of the molecule is CN(C)CC1(O)CC(C(=O)O)C(C(=O)O)C1. The summed E-state index contributed by atoms with van der Waals surface area (Å²) in [5.74, 6) is -4.30. The summed E-state index contributed by atoms with van der Waals surface area (Å²) in [5, 5.41) is 28.0. The maximum atomic E-state index is 10.9. The summed E-state index contributed by atoms with van der Waals surface area (Å²) in [6.45, 7) is 0.278. The van der Waals surface area contributed by atoms with Crippen LogP contribution in [0.25, 0.3) is 0 Å². The van der Waals surface area contributed by atoms with Gasteiger partial charge in [-0.05, 0) is 26.9 Å². The molecular weight excluding hydrogens is 214 g/mol. The lowest BCUT2D eigenvalue weighted by atomic mass is 9.97. The monoisotopic (exact) mass is 231 g/mol. The maximum absolute atomic E-state index is 10.9. The smallest absolute Gasteiger partial charge is 0.307 e. The molecule has 92 valence electrons. The molecule has 0 heterocycles. The Labute approximate surface area is 93.5 Å². The van der Waals surface area contributed by atoms with Crippen molar-refractivity contribution in [2.75, 3.05) is 20.6 Å². The second kappa shape index (κ2) is 4.39. The number of likely N-dealkylation sites (N-methyl/N-ethyl adjacent to an activating group) is 1. The molecule has 3 N–H and O–H groups in total. The third-order valence-electron chi connectivity index (χ3n) is 2.93. The van der Waals surface area contributed by atoms with Gasteiger partial charge >= 0.3 is 11.9 Å². The van der Waals surface area contributed by atoms with Crippen molar-refractivity contribution in [3.63, 3.8) is 0 Å². The largest absolute Gasteiger partial charge is 0.481 e. The highest BCUT2D eigenvalue weighted by molar-refractivity contribution is 5.81. The van der Waals surface area contributed by atoms with Gasteiger partial charge in [0.05, 0.1) is 17.4 Å². The van der Waals surface area contributed by atoms with Gasteiger partial charge in [0.25, 0.3) is 0 Å². The second-order valence-corrected chi connectivity index (χ2v) is 4.76. The van der Waals surface area contributed by atoms with Crippen molar-refractivity contribution in [1.29, 1.82) is 0 Å². The van der Waals surface area contributed by atoms with Gasteiger partial charge in [0.15, 0.2) is 0 Å². The van der Waals surface area contributed by atoms with Crippen LogP contribution in [-0.2, 0) is 9.59 Å². The molecule has 6 nitrogen and oxygen atoms in total. The predicted molar refractivity (Wildman–Crippen MR) is 55.0 cm³/mol. The molecule has 2 atom stereocenters. The van der Waals surface area contributed by atoms with E-state index in [-0.39, 0.29) is 19.4 Å². The molecule has 0 radical (unpaired) electrons. The zero-order valence-corrected chi connectivity index (χ0v) is 9.38. The molecule has 0 bridgehead atoms. The highest BCUT2D eigenvalue weighted by Crippen LogP contribution is 2.40.